The molecule has 1 aliphatic carbocycles. The number of hydrogen-bond acceptors (Lipinski definition) is 0. The summed E-state index contributed by atoms with van der Waals surface area (Å²) in [5.74, 6) is 0.653. The fourth-order valence-electron chi connectivity index (χ4n) is 1.38. The summed E-state index contributed by atoms with van der Waals surface area (Å²) in [6.45, 7) is 3.81. The molecule has 0 heterocycles. The fourth-order valence-corrected chi connectivity index (χ4v) is 1.38. The van der Waals surface area contributed by atoms with Gasteiger partial charge in [-0.15, -0.1) is 6.58 Å². The molecular formula is C10H16. The van der Waals surface area contributed by atoms with Crippen molar-refractivity contribution in [3.63, 3.8) is 0 Å². The van der Waals surface area contributed by atoms with E-state index in [1.165, 1.54) is 32.1 Å². The van der Waals surface area contributed by atoms with Gasteiger partial charge in [-0.1, -0.05) is 31.1 Å². The molecule has 10 heavy (non-hydrogen) atoms. The Bertz CT molecular complexity index is 122. The van der Waals surface area contributed by atoms with Crippen LogP contribution in [0.4, 0.5) is 0 Å². The maximum atomic E-state index is 3.81. The molecule has 0 aliphatic heterocycles. The summed E-state index contributed by atoms with van der Waals surface area (Å²) in [6.07, 6.45) is 13.4. The quantitative estimate of drug-likeness (QED) is 0.485. The van der Waals surface area contributed by atoms with E-state index in [0.717, 1.165) is 0 Å². The van der Waals surface area contributed by atoms with Gasteiger partial charge in [-0.05, 0) is 25.2 Å². The first-order chi connectivity index (χ1) is 4.93. The highest BCUT2D eigenvalue weighted by Gasteiger charge is 2.00. The molecule has 1 aliphatic rings. The summed E-state index contributed by atoms with van der Waals surface area (Å²) in [6, 6.07) is 0. The molecule has 0 saturated heterocycles. The van der Waals surface area contributed by atoms with Crippen LogP contribution in [-0.4, -0.2) is 0 Å². The highest BCUT2D eigenvalue weighted by molar-refractivity contribution is 4.97. The maximum Gasteiger partial charge on any atom is -0.00562 e. The molecule has 0 saturated carbocycles. The molecule has 0 aromatic heterocycles. The minimum Gasteiger partial charge on any atom is -0.102 e. The second-order valence-electron chi connectivity index (χ2n) is 2.97. The Morgan fingerprint density at radius 3 is 3.00 bits per heavy atom. The van der Waals surface area contributed by atoms with E-state index in [2.05, 4.69) is 24.8 Å². The lowest BCUT2D eigenvalue weighted by Gasteiger charge is -2.09. The third kappa shape index (κ3) is 2.38. The molecule has 1 rings (SSSR count). The molecule has 1 unspecified atom stereocenters. The standard InChI is InChI=1S/C10H16/c1-2-10-8-6-4-3-5-7-9-10/h2,6,8,10H,1,3-5,7,9H2. The molecule has 56 valence electrons. The van der Waals surface area contributed by atoms with Crippen LogP contribution in [0.3, 0.4) is 0 Å². The van der Waals surface area contributed by atoms with Crippen LogP contribution in [0.5, 0.6) is 0 Å². The third-order valence-corrected chi connectivity index (χ3v) is 2.09. The average molecular weight is 136 g/mol. The van der Waals surface area contributed by atoms with E-state index in [-0.39, 0.29) is 0 Å². The second kappa shape index (κ2) is 4.32. The van der Waals surface area contributed by atoms with Gasteiger partial charge in [0.1, 0.15) is 0 Å². The lowest BCUT2D eigenvalue weighted by atomic mass is 9.97. The Morgan fingerprint density at radius 1 is 1.30 bits per heavy atom. The van der Waals surface area contributed by atoms with Crippen molar-refractivity contribution in [2.45, 2.75) is 32.1 Å². The van der Waals surface area contributed by atoms with Crippen molar-refractivity contribution in [2.75, 3.05) is 0 Å². The molecule has 1 atom stereocenters. The van der Waals surface area contributed by atoms with Crippen LogP contribution < -0.4 is 0 Å². The summed E-state index contributed by atoms with van der Waals surface area (Å²) in [4.78, 5) is 0. The Kier molecular flexibility index (Phi) is 3.28. The molecule has 0 aromatic carbocycles. The summed E-state index contributed by atoms with van der Waals surface area (Å²) >= 11 is 0. The molecule has 0 bridgehead atoms. The van der Waals surface area contributed by atoms with Crippen molar-refractivity contribution in [1.82, 2.24) is 0 Å². The molecule has 0 heteroatoms. The first-order valence-electron chi connectivity index (χ1n) is 4.22. The van der Waals surface area contributed by atoms with Crippen molar-refractivity contribution < 1.29 is 0 Å². The van der Waals surface area contributed by atoms with E-state index in [0.29, 0.717) is 5.92 Å². The molecule has 0 amide bonds. The number of rotatable bonds is 1. The minimum atomic E-state index is 0.653. The Balaban J connectivity index is 2.40. The highest BCUT2D eigenvalue weighted by atomic mass is 14.1. The van der Waals surface area contributed by atoms with Gasteiger partial charge in [0.2, 0.25) is 0 Å². The first-order valence-corrected chi connectivity index (χ1v) is 4.22. The molecule has 0 aromatic rings. The summed E-state index contributed by atoms with van der Waals surface area (Å²) in [5.41, 5.74) is 0. The van der Waals surface area contributed by atoms with E-state index in [9.17, 15) is 0 Å². The van der Waals surface area contributed by atoms with Gasteiger partial charge in [-0.25, -0.2) is 0 Å². The van der Waals surface area contributed by atoms with Crippen LogP contribution >= 0.6 is 0 Å². The normalized spacial score (nSPS) is 27.0. The Labute approximate surface area is 63.6 Å². The predicted octanol–water partition coefficient (Wildman–Crippen LogP) is 3.31. The average Bonchev–Trinajstić information content (AvgIpc) is 1.87. The van der Waals surface area contributed by atoms with E-state index in [1.54, 1.807) is 0 Å². The van der Waals surface area contributed by atoms with Crippen LogP contribution in [0, 0.1) is 5.92 Å². The van der Waals surface area contributed by atoms with Gasteiger partial charge in [0.05, 0.1) is 0 Å². The van der Waals surface area contributed by atoms with Gasteiger partial charge in [0.25, 0.3) is 0 Å². The topological polar surface area (TPSA) is 0 Å². The lowest BCUT2D eigenvalue weighted by Crippen LogP contribution is -1.93. The SMILES string of the molecule is C=CC1C=CCCCCC1. The smallest absolute Gasteiger partial charge is 0.00562 e. The van der Waals surface area contributed by atoms with Crippen molar-refractivity contribution in [3.8, 4) is 0 Å². The minimum absolute atomic E-state index is 0.653. The van der Waals surface area contributed by atoms with Crippen LogP contribution in [0.2, 0.25) is 0 Å². The van der Waals surface area contributed by atoms with Crippen molar-refractivity contribution in [3.05, 3.63) is 24.8 Å². The maximum absolute atomic E-state index is 3.81. The molecular weight excluding hydrogens is 120 g/mol. The zero-order valence-corrected chi connectivity index (χ0v) is 6.55. The van der Waals surface area contributed by atoms with Crippen molar-refractivity contribution in [2.24, 2.45) is 5.92 Å². The summed E-state index contributed by atoms with van der Waals surface area (Å²) in [7, 11) is 0. The fraction of sp³-hybridized carbons (Fsp3) is 0.600. The zero-order valence-electron chi connectivity index (χ0n) is 6.55. The number of hydrogen-bond donors (Lipinski definition) is 0. The van der Waals surface area contributed by atoms with Crippen molar-refractivity contribution in [1.29, 1.82) is 0 Å². The zero-order chi connectivity index (χ0) is 7.23. The van der Waals surface area contributed by atoms with Crippen LogP contribution in [0.1, 0.15) is 32.1 Å². The van der Waals surface area contributed by atoms with Crippen LogP contribution in [-0.2, 0) is 0 Å². The van der Waals surface area contributed by atoms with Gasteiger partial charge < -0.3 is 0 Å². The highest BCUT2D eigenvalue weighted by Crippen LogP contribution is 2.16. The monoisotopic (exact) mass is 136 g/mol. The summed E-state index contributed by atoms with van der Waals surface area (Å²) in [5, 5.41) is 0. The van der Waals surface area contributed by atoms with Gasteiger partial charge in [0, 0.05) is 0 Å². The largest absolute Gasteiger partial charge is 0.102 e. The first kappa shape index (κ1) is 7.59. The Morgan fingerprint density at radius 2 is 2.20 bits per heavy atom. The van der Waals surface area contributed by atoms with E-state index < -0.39 is 0 Å². The second-order valence-corrected chi connectivity index (χ2v) is 2.97. The lowest BCUT2D eigenvalue weighted by molar-refractivity contribution is 0.583. The molecule has 0 nitrogen and oxygen atoms in total. The van der Waals surface area contributed by atoms with Gasteiger partial charge in [0.15, 0.2) is 0 Å². The number of allylic oxidation sites excluding steroid dienone is 3. The van der Waals surface area contributed by atoms with Crippen LogP contribution in [0.15, 0.2) is 24.8 Å². The van der Waals surface area contributed by atoms with Gasteiger partial charge in [-0.3, -0.25) is 0 Å². The Hall–Kier alpha value is -0.520. The summed E-state index contributed by atoms with van der Waals surface area (Å²) < 4.78 is 0. The van der Waals surface area contributed by atoms with Crippen LogP contribution in [0.25, 0.3) is 0 Å². The molecule has 0 radical (unpaired) electrons. The van der Waals surface area contributed by atoms with Gasteiger partial charge >= 0.3 is 0 Å². The molecule has 0 fully saturated rings. The van der Waals surface area contributed by atoms with E-state index in [4.69, 9.17) is 0 Å². The third-order valence-electron chi connectivity index (χ3n) is 2.09. The predicted molar refractivity (Wildman–Crippen MR) is 45.9 cm³/mol. The van der Waals surface area contributed by atoms with Gasteiger partial charge in [-0.2, -0.15) is 0 Å². The van der Waals surface area contributed by atoms with E-state index in [1.807, 2.05) is 0 Å². The molecule has 0 N–H and O–H groups in total. The van der Waals surface area contributed by atoms with E-state index >= 15 is 0 Å². The molecule has 0 spiro atoms. The van der Waals surface area contributed by atoms with Crippen molar-refractivity contribution >= 4 is 0 Å².